The SMILES string of the molecule is COc1ccccc1Cn1c(=O)cnc2ccccc21. The molecule has 1 aromatic heterocycles. The third-order valence-corrected chi connectivity index (χ3v) is 3.27. The van der Waals surface area contributed by atoms with Gasteiger partial charge in [0.15, 0.2) is 0 Å². The van der Waals surface area contributed by atoms with Crippen LogP contribution < -0.4 is 10.3 Å². The van der Waals surface area contributed by atoms with Gasteiger partial charge in [0.1, 0.15) is 5.75 Å². The van der Waals surface area contributed by atoms with E-state index in [0.717, 1.165) is 22.3 Å². The Hall–Kier alpha value is -2.62. The Morgan fingerprint density at radius 1 is 1.10 bits per heavy atom. The number of ether oxygens (including phenoxy) is 1. The minimum atomic E-state index is -0.116. The molecule has 0 unspecified atom stereocenters. The zero-order valence-corrected chi connectivity index (χ0v) is 11.1. The number of hydrogen-bond acceptors (Lipinski definition) is 3. The molecular formula is C16H14N2O2. The van der Waals surface area contributed by atoms with Crippen LogP contribution in [0.1, 0.15) is 5.56 Å². The van der Waals surface area contributed by atoms with Crippen LogP contribution in [0.3, 0.4) is 0 Å². The Kier molecular flexibility index (Phi) is 3.21. The smallest absolute Gasteiger partial charge is 0.269 e. The molecule has 3 aromatic rings. The van der Waals surface area contributed by atoms with E-state index in [2.05, 4.69) is 4.98 Å². The quantitative estimate of drug-likeness (QED) is 0.731. The van der Waals surface area contributed by atoms with Gasteiger partial charge >= 0.3 is 0 Å². The van der Waals surface area contributed by atoms with Crippen LogP contribution in [0.2, 0.25) is 0 Å². The fourth-order valence-corrected chi connectivity index (χ4v) is 2.28. The predicted molar refractivity (Wildman–Crippen MR) is 78.1 cm³/mol. The summed E-state index contributed by atoms with van der Waals surface area (Å²) in [7, 11) is 1.63. The van der Waals surface area contributed by atoms with Gasteiger partial charge < -0.3 is 9.30 Å². The van der Waals surface area contributed by atoms with Gasteiger partial charge in [-0.25, -0.2) is 4.98 Å². The van der Waals surface area contributed by atoms with Crippen molar-refractivity contribution < 1.29 is 4.74 Å². The molecule has 4 heteroatoms. The highest BCUT2D eigenvalue weighted by Crippen LogP contribution is 2.19. The van der Waals surface area contributed by atoms with Gasteiger partial charge in [0.05, 0.1) is 30.9 Å². The minimum absolute atomic E-state index is 0.116. The average Bonchev–Trinajstić information content (AvgIpc) is 2.50. The van der Waals surface area contributed by atoms with Crippen LogP contribution in [-0.4, -0.2) is 16.7 Å². The van der Waals surface area contributed by atoms with Crippen LogP contribution in [0, 0.1) is 0 Å². The number of rotatable bonds is 3. The zero-order chi connectivity index (χ0) is 13.9. The third-order valence-electron chi connectivity index (χ3n) is 3.27. The number of benzene rings is 2. The number of hydrogen-bond donors (Lipinski definition) is 0. The van der Waals surface area contributed by atoms with Gasteiger partial charge in [-0.15, -0.1) is 0 Å². The molecular weight excluding hydrogens is 252 g/mol. The van der Waals surface area contributed by atoms with Crippen molar-refractivity contribution in [2.45, 2.75) is 6.54 Å². The number of fused-ring (bicyclic) bond motifs is 1. The van der Waals surface area contributed by atoms with E-state index in [4.69, 9.17) is 4.74 Å². The lowest BCUT2D eigenvalue weighted by molar-refractivity contribution is 0.408. The first-order chi connectivity index (χ1) is 9.79. The van der Waals surface area contributed by atoms with Crippen LogP contribution in [0.15, 0.2) is 59.5 Å². The van der Waals surface area contributed by atoms with Gasteiger partial charge in [0.25, 0.3) is 5.56 Å². The summed E-state index contributed by atoms with van der Waals surface area (Å²) in [6.45, 7) is 0.464. The molecule has 0 fully saturated rings. The van der Waals surface area contributed by atoms with Crippen LogP contribution >= 0.6 is 0 Å². The molecule has 2 aromatic carbocycles. The molecule has 0 radical (unpaired) electrons. The van der Waals surface area contributed by atoms with Crippen molar-refractivity contribution in [2.75, 3.05) is 7.11 Å². The summed E-state index contributed by atoms with van der Waals surface area (Å²) in [6.07, 6.45) is 1.36. The van der Waals surface area contributed by atoms with E-state index in [1.807, 2.05) is 48.5 Å². The summed E-state index contributed by atoms with van der Waals surface area (Å²) in [4.78, 5) is 16.3. The van der Waals surface area contributed by atoms with E-state index < -0.39 is 0 Å². The number of para-hydroxylation sites is 3. The van der Waals surface area contributed by atoms with Crippen molar-refractivity contribution in [1.29, 1.82) is 0 Å². The average molecular weight is 266 g/mol. The first-order valence-electron chi connectivity index (χ1n) is 6.36. The van der Waals surface area contributed by atoms with Crippen molar-refractivity contribution in [1.82, 2.24) is 9.55 Å². The number of methoxy groups -OCH3 is 1. The van der Waals surface area contributed by atoms with Crippen molar-refractivity contribution in [3.05, 3.63) is 70.6 Å². The fourth-order valence-electron chi connectivity index (χ4n) is 2.28. The summed E-state index contributed by atoms with van der Waals surface area (Å²) < 4.78 is 7.05. The third kappa shape index (κ3) is 2.16. The van der Waals surface area contributed by atoms with Crippen LogP contribution in [0.5, 0.6) is 5.75 Å². The second kappa shape index (κ2) is 5.17. The number of aromatic nitrogens is 2. The molecule has 0 spiro atoms. The van der Waals surface area contributed by atoms with Gasteiger partial charge in [-0.3, -0.25) is 4.79 Å². The van der Waals surface area contributed by atoms with E-state index in [9.17, 15) is 4.79 Å². The van der Waals surface area contributed by atoms with E-state index in [1.54, 1.807) is 11.7 Å². The summed E-state index contributed by atoms with van der Waals surface area (Å²) in [5.74, 6) is 0.778. The van der Waals surface area contributed by atoms with Gasteiger partial charge in [-0.05, 0) is 18.2 Å². The first kappa shape index (κ1) is 12.4. The van der Waals surface area contributed by atoms with Gasteiger partial charge in [-0.2, -0.15) is 0 Å². The van der Waals surface area contributed by atoms with Crippen LogP contribution in [0.4, 0.5) is 0 Å². The second-order valence-electron chi connectivity index (χ2n) is 4.48. The lowest BCUT2D eigenvalue weighted by Gasteiger charge is -2.12. The molecule has 0 atom stereocenters. The Morgan fingerprint density at radius 2 is 1.85 bits per heavy atom. The normalized spacial score (nSPS) is 10.7. The number of nitrogens with zero attached hydrogens (tertiary/aromatic N) is 2. The van der Waals surface area contributed by atoms with E-state index in [1.165, 1.54) is 6.20 Å². The molecule has 100 valence electrons. The van der Waals surface area contributed by atoms with E-state index >= 15 is 0 Å². The molecule has 0 saturated carbocycles. The Bertz CT molecular complexity index is 809. The maximum atomic E-state index is 12.1. The maximum absolute atomic E-state index is 12.1. The van der Waals surface area contributed by atoms with Crippen molar-refractivity contribution in [2.24, 2.45) is 0 Å². The molecule has 0 aliphatic rings. The van der Waals surface area contributed by atoms with Crippen LogP contribution in [-0.2, 0) is 6.54 Å². The zero-order valence-electron chi connectivity index (χ0n) is 11.1. The highest BCUT2D eigenvalue weighted by atomic mass is 16.5. The van der Waals surface area contributed by atoms with Gasteiger partial charge in [-0.1, -0.05) is 30.3 Å². The molecule has 0 N–H and O–H groups in total. The molecule has 0 aliphatic carbocycles. The largest absolute Gasteiger partial charge is 0.496 e. The van der Waals surface area contributed by atoms with E-state index in [0.29, 0.717) is 6.54 Å². The lowest BCUT2D eigenvalue weighted by atomic mass is 10.2. The summed E-state index contributed by atoms with van der Waals surface area (Å²) in [5.41, 5.74) is 2.48. The lowest BCUT2D eigenvalue weighted by Crippen LogP contribution is -2.21. The monoisotopic (exact) mass is 266 g/mol. The highest BCUT2D eigenvalue weighted by Gasteiger charge is 2.07. The molecule has 0 saturated heterocycles. The Balaban J connectivity index is 2.15. The minimum Gasteiger partial charge on any atom is -0.496 e. The molecule has 0 amide bonds. The topological polar surface area (TPSA) is 44.1 Å². The predicted octanol–water partition coefficient (Wildman–Crippen LogP) is 2.45. The van der Waals surface area contributed by atoms with Crippen molar-refractivity contribution in [3.63, 3.8) is 0 Å². The second-order valence-corrected chi connectivity index (χ2v) is 4.48. The molecule has 0 bridgehead atoms. The highest BCUT2D eigenvalue weighted by molar-refractivity contribution is 5.74. The van der Waals surface area contributed by atoms with Crippen molar-refractivity contribution >= 4 is 11.0 Å². The Labute approximate surface area is 116 Å². The van der Waals surface area contributed by atoms with Crippen LogP contribution in [0.25, 0.3) is 11.0 Å². The summed E-state index contributed by atoms with van der Waals surface area (Å²) >= 11 is 0. The fraction of sp³-hybridized carbons (Fsp3) is 0.125. The Morgan fingerprint density at radius 3 is 2.70 bits per heavy atom. The summed E-state index contributed by atoms with van der Waals surface area (Å²) in [5, 5.41) is 0. The molecule has 20 heavy (non-hydrogen) atoms. The van der Waals surface area contributed by atoms with Crippen molar-refractivity contribution in [3.8, 4) is 5.75 Å². The molecule has 0 aliphatic heterocycles. The van der Waals surface area contributed by atoms with E-state index in [-0.39, 0.29) is 5.56 Å². The summed E-state index contributed by atoms with van der Waals surface area (Å²) in [6, 6.07) is 15.3. The molecule has 1 heterocycles. The van der Waals surface area contributed by atoms with Gasteiger partial charge in [0.2, 0.25) is 0 Å². The maximum Gasteiger partial charge on any atom is 0.269 e. The van der Waals surface area contributed by atoms with Gasteiger partial charge in [0, 0.05) is 5.56 Å². The first-order valence-corrected chi connectivity index (χ1v) is 6.36. The molecule has 3 rings (SSSR count). The molecule has 4 nitrogen and oxygen atoms in total. The standard InChI is InChI=1S/C16H14N2O2/c1-20-15-9-5-2-6-12(15)11-18-14-8-4-3-7-13(14)17-10-16(18)19/h2-10H,11H2,1H3.